The molecule has 0 aliphatic heterocycles. The Labute approximate surface area is 105 Å². The molecule has 0 aliphatic rings. The molecule has 0 fully saturated rings. The Morgan fingerprint density at radius 1 is 1.53 bits per heavy atom. The molecule has 0 atom stereocenters. The minimum Gasteiger partial charge on any atom is -0.492 e. The molecule has 1 aromatic rings. The monoisotopic (exact) mass is 252 g/mol. The van der Waals surface area contributed by atoms with Crippen LogP contribution in [0.2, 0.25) is 0 Å². The van der Waals surface area contributed by atoms with Gasteiger partial charge in [0.05, 0.1) is 6.61 Å². The molecule has 0 aromatic heterocycles. The number of hydrogen-bond acceptors (Lipinski definition) is 3. The van der Waals surface area contributed by atoms with Gasteiger partial charge in [-0.3, -0.25) is 0 Å². The first-order chi connectivity index (χ1) is 8.06. The van der Waals surface area contributed by atoms with Gasteiger partial charge in [-0.15, -0.1) is 18.3 Å². The molecule has 0 radical (unpaired) electrons. The second-order valence-electron chi connectivity index (χ2n) is 3.69. The van der Waals surface area contributed by atoms with Crippen molar-refractivity contribution in [1.29, 1.82) is 0 Å². The van der Waals surface area contributed by atoms with Gasteiger partial charge in [-0.05, 0) is 25.3 Å². The van der Waals surface area contributed by atoms with Gasteiger partial charge in [0.25, 0.3) is 0 Å². The van der Waals surface area contributed by atoms with Gasteiger partial charge >= 0.3 is 5.97 Å². The van der Waals surface area contributed by atoms with Crippen LogP contribution in [0, 0.1) is 0 Å². The first kappa shape index (κ1) is 13.6. The Morgan fingerprint density at radius 2 is 2.24 bits per heavy atom. The fraction of sp³-hybridized carbons (Fsp3) is 0.308. The quantitative estimate of drug-likeness (QED) is 0.622. The van der Waals surface area contributed by atoms with E-state index in [1.165, 1.54) is 11.8 Å². The molecule has 3 nitrogen and oxygen atoms in total. The Hall–Kier alpha value is -1.42. The molecule has 0 heterocycles. The lowest BCUT2D eigenvalue weighted by Gasteiger charge is -2.11. The zero-order valence-corrected chi connectivity index (χ0v) is 10.8. The normalized spacial score (nSPS) is 10.0. The molecule has 17 heavy (non-hydrogen) atoms. The molecule has 0 aliphatic carbocycles. The molecule has 0 saturated heterocycles. The van der Waals surface area contributed by atoms with Gasteiger partial charge in [0.2, 0.25) is 0 Å². The third-order valence-electron chi connectivity index (χ3n) is 2.21. The van der Waals surface area contributed by atoms with E-state index in [0.717, 1.165) is 12.0 Å². The van der Waals surface area contributed by atoms with Crippen LogP contribution in [0.5, 0.6) is 5.75 Å². The maximum absolute atomic E-state index is 11.2. The molecule has 92 valence electrons. The first-order valence-corrected chi connectivity index (χ1v) is 6.46. The van der Waals surface area contributed by atoms with Crippen molar-refractivity contribution in [2.75, 3.05) is 12.9 Å². The van der Waals surface area contributed by atoms with Gasteiger partial charge in [-0.2, -0.15) is 0 Å². The van der Waals surface area contributed by atoms with Crippen LogP contribution in [-0.4, -0.2) is 23.9 Å². The van der Waals surface area contributed by atoms with Gasteiger partial charge in [-0.25, -0.2) is 4.79 Å². The lowest BCUT2D eigenvalue weighted by atomic mass is 10.2. The zero-order chi connectivity index (χ0) is 12.8. The Balaban J connectivity index is 2.90. The van der Waals surface area contributed by atoms with Crippen LogP contribution in [0.1, 0.15) is 23.7 Å². The van der Waals surface area contributed by atoms with Crippen LogP contribution >= 0.6 is 11.8 Å². The Kier molecular flexibility index (Phi) is 5.10. The standard InChI is InChI=1S/C13H16O3S/c1-9(2)7-8-16-10-5-4-6-11(17-3)12(10)13(14)15/h4-6H,1,7-8H2,2-3H3,(H,14,15). The van der Waals surface area contributed by atoms with Crippen LogP contribution in [0.25, 0.3) is 0 Å². The van der Waals surface area contributed by atoms with Crippen molar-refractivity contribution in [3.8, 4) is 5.75 Å². The van der Waals surface area contributed by atoms with Crippen LogP contribution in [0.4, 0.5) is 0 Å². The first-order valence-electron chi connectivity index (χ1n) is 5.23. The largest absolute Gasteiger partial charge is 0.492 e. The van der Waals surface area contributed by atoms with E-state index in [1.807, 2.05) is 13.2 Å². The van der Waals surface area contributed by atoms with Gasteiger partial charge in [0.15, 0.2) is 0 Å². The lowest BCUT2D eigenvalue weighted by molar-refractivity contribution is 0.0688. The van der Waals surface area contributed by atoms with Crippen molar-refractivity contribution in [2.45, 2.75) is 18.2 Å². The summed E-state index contributed by atoms with van der Waals surface area (Å²) in [5.41, 5.74) is 1.25. The summed E-state index contributed by atoms with van der Waals surface area (Å²) in [7, 11) is 0. The Morgan fingerprint density at radius 3 is 2.76 bits per heavy atom. The highest BCUT2D eigenvalue weighted by molar-refractivity contribution is 7.98. The second-order valence-corrected chi connectivity index (χ2v) is 4.54. The number of rotatable bonds is 6. The van der Waals surface area contributed by atoms with Crippen molar-refractivity contribution >= 4 is 17.7 Å². The van der Waals surface area contributed by atoms with E-state index < -0.39 is 5.97 Å². The highest BCUT2D eigenvalue weighted by Gasteiger charge is 2.15. The van der Waals surface area contributed by atoms with E-state index in [9.17, 15) is 9.90 Å². The van der Waals surface area contributed by atoms with Crippen LogP contribution in [0.15, 0.2) is 35.2 Å². The molecule has 0 bridgehead atoms. The number of carboxylic acids is 1. The molecule has 4 heteroatoms. The summed E-state index contributed by atoms with van der Waals surface area (Å²) in [4.78, 5) is 11.9. The fourth-order valence-electron chi connectivity index (χ4n) is 1.35. The second kappa shape index (κ2) is 6.35. The number of thioether (sulfide) groups is 1. The van der Waals surface area contributed by atoms with E-state index in [2.05, 4.69) is 6.58 Å². The SMILES string of the molecule is C=C(C)CCOc1cccc(SC)c1C(=O)O. The summed E-state index contributed by atoms with van der Waals surface area (Å²) in [5, 5.41) is 9.18. The molecule has 1 rings (SSSR count). The molecular weight excluding hydrogens is 236 g/mol. The van der Waals surface area contributed by atoms with E-state index in [0.29, 0.717) is 17.3 Å². The molecular formula is C13H16O3S. The van der Waals surface area contributed by atoms with Crippen molar-refractivity contribution in [3.05, 3.63) is 35.9 Å². The summed E-state index contributed by atoms with van der Waals surface area (Å²) in [6.45, 7) is 6.15. The van der Waals surface area contributed by atoms with Gasteiger partial charge in [0, 0.05) is 11.3 Å². The third-order valence-corrected chi connectivity index (χ3v) is 2.99. The smallest absolute Gasteiger partial charge is 0.340 e. The van der Waals surface area contributed by atoms with Crippen LogP contribution in [-0.2, 0) is 0 Å². The minimum atomic E-state index is -0.958. The number of aromatic carboxylic acids is 1. The predicted octanol–water partition coefficient (Wildman–Crippen LogP) is 3.45. The predicted molar refractivity (Wildman–Crippen MR) is 70.1 cm³/mol. The number of carboxylic acid groups (broad SMARTS) is 1. The molecule has 1 aromatic carbocycles. The van der Waals surface area contributed by atoms with Crippen molar-refractivity contribution in [3.63, 3.8) is 0 Å². The van der Waals surface area contributed by atoms with Gasteiger partial charge < -0.3 is 9.84 Å². The number of benzene rings is 1. The average Bonchev–Trinajstić information content (AvgIpc) is 2.27. The van der Waals surface area contributed by atoms with Gasteiger partial charge in [0.1, 0.15) is 11.3 Å². The van der Waals surface area contributed by atoms with Crippen LogP contribution < -0.4 is 4.74 Å². The minimum absolute atomic E-state index is 0.238. The molecule has 0 amide bonds. The summed E-state index contributed by atoms with van der Waals surface area (Å²) in [6, 6.07) is 5.26. The zero-order valence-electron chi connectivity index (χ0n) is 10.0. The van der Waals surface area contributed by atoms with E-state index in [4.69, 9.17) is 4.74 Å². The Bertz CT molecular complexity index is 427. The number of ether oxygens (including phenoxy) is 1. The molecule has 1 N–H and O–H groups in total. The number of hydrogen-bond donors (Lipinski definition) is 1. The van der Waals surface area contributed by atoms with Gasteiger partial charge in [-0.1, -0.05) is 11.6 Å². The maximum atomic E-state index is 11.2. The summed E-state index contributed by atoms with van der Waals surface area (Å²) >= 11 is 1.40. The van der Waals surface area contributed by atoms with Crippen LogP contribution in [0.3, 0.4) is 0 Å². The highest BCUT2D eigenvalue weighted by atomic mass is 32.2. The average molecular weight is 252 g/mol. The summed E-state index contributed by atoms with van der Waals surface area (Å²) in [5.74, 6) is -0.536. The molecule has 0 unspecified atom stereocenters. The fourth-order valence-corrected chi connectivity index (χ4v) is 1.95. The lowest BCUT2D eigenvalue weighted by Crippen LogP contribution is -2.06. The summed E-state index contributed by atoms with van der Waals surface area (Å²) < 4.78 is 5.50. The number of carbonyl (C=O) groups is 1. The topological polar surface area (TPSA) is 46.5 Å². The molecule has 0 spiro atoms. The van der Waals surface area contributed by atoms with E-state index in [1.54, 1.807) is 18.2 Å². The van der Waals surface area contributed by atoms with Crippen molar-refractivity contribution in [1.82, 2.24) is 0 Å². The maximum Gasteiger partial charge on any atom is 0.340 e. The van der Waals surface area contributed by atoms with E-state index >= 15 is 0 Å². The summed E-state index contributed by atoms with van der Waals surface area (Å²) in [6.07, 6.45) is 2.57. The van der Waals surface area contributed by atoms with Crippen molar-refractivity contribution < 1.29 is 14.6 Å². The van der Waals surface area contributed by atoms with Crippen molar-refractivity contribution in [2.24, 2.45) is 0 Å². The van der Waals surface area contributed by atoms with E-state index in [-0.39, 0.29) is 5.56 Å². The highest BCUT2D eigenvalue weighted by Crippen LogP contribution is 2.29. The molecule has 0 saturated carbocycles. The third kappa shape index (κ3) is 3.82.